The van der Waals surface area contributed by atoms with Crippen molar-refractivity contribution in [3.8, 4) is 0 Å². The number of benzene rings is 1. The molecule has 2 unspecified atom stereocenters. The minimum atomic E-state index is -1.24. The summed E-state index contributed by atoms with van der Waals surface area (Å²) in [7, 11) is 0. The maximum absolute atomic E-state index is 13.4. The highest BCUT2D eigenvalue weighted by molar-refractivity contribution is 5.92. The molecule has 0 saturated carbocycles. The van der Waals surface area contributed by atoms with E-state index in [1.165, 1.54) is 4.90 Å². The molecule has 1 rings (SSSR count). The van der Waals surface area contributed by atoms with Crippen LogP contribution in [0.5, 0.6) is 0 Å². The summed E-state index contributed by atoms with van der Waals surface area (Å²) in [5.41, 5.74) is 1.99. The van der Waals surface area contributed by atoms with E-state index in [-0.39, 0.29) is 18.5 Å². The number of nitrogens with one attached hydrogen (secondary N) is 2. The first-order valence-electron chi connectivity index (χ1n) is 11.1. The fourth-order valence-electron chi connectivity index (χ4n) is 3.21. The van der Waals surface area contributed by atoms with E-state index in [2.05, 4.69) is 10.6 Å². The van der Waals surface area contributed by atoms with Crippen molar-refractivity contribution in [3.05, 3.63) is 34.9 Å². The van der Waals surface area contributed by atoms with E-state index < -0.39 is 36.3 Å². The minimum Gasteiger partial charge on any atom is -0.444 e. The number of aliphatic hydroxyl groups excluding tert-OH is 1. The Labute approximate surface area is 191 Å². The van der Waals surface area contributed by atoms with Gasteiger partial charge in [-0.1, -0.05) is 25.1 Å². The molecular weight excluding hydrogens is 410 g/mol. The monoisotopic (exact) mass is 449 g/mol. The molecule has 0 aliphatic rings. The topological polar surface area (TPSA) is 108 Å². The number of carbonyl (C=O) groups is 3. The van der Waals surface area contributed by atoms with Crippen LogP contribution in [-0.4, -0.2) is 58.8 Å². The Balaban J connectivity index is 3.35. The number of ether oxygens (including phenoxy) is 1. The number of nitrogens with zero attached hydrogens (tertiary/aromatic N) is 1. The zero-order valence-corrected chi connectivity index (χ0v) is 20.6. The summed E-state index contributed by atoms with van der Waals surface area (Å²) in [4.78, 5) is 40.3. The van der Waals surface area contributed by atoms with Crippen molar-refractivity contribution in [2.45, 2.75) is 85.5 Å². The fourth-order valence-corrected chi connectivity index (χ4v) is 3.21. The molecule has 1 aromatic carbocycles. The summed E-state index contributed by atoms with van der Waals surface area (Å²) in [5.74, 6) is -0.874. The number of hydrogen-bond donors (Lipinski definition) is 3. The maximum Gasteiger partial charge on any atom is 0.408 e. The van der Waals surface area contributed by atoms with E-state index in [1.807, 2.05) is 52.8 Å². The molecule has 0 aliphatic heterocycles. The van der Waals surface area contributed by atoms with Crippen LogP contribution in [0, 0.1) is 13.8 Å². The van der Waals surface area contributed by atoms with Gasteiger partial charge in [-0.25, -0.2) is 4.79 Å². The lowest BCUT2D eigenvalue weighted by Crippen LogP contribution is -2.55. The van der Waals surface area contributed by atoms with E-state index in [1.54, 1.807) is 20.8 Å². The van der Waals surface area contributed by atoms with E-state index in [9.17, 15) is 19.5 Å². The van der Waals surface area contributed by atoms with Gasteiger partial charge in [0.15, 0.2) is 0 Å². The molecule has 8 nitrogen and oxygen atoms in total. The first-order chi connectivity index (χ1) is 14.8. The molecule has 3 N–H and O–H groups in total. The van der Waals surface area contributed by atoms with Crippen molar-refractivity contribution in [2.24, 2.45) is 0 Å². The van der Waals surface area contributed by atoms with Gasteiger partial charge >= 0.3 is 6.09 Å². The molecule has 0 aromatic heterocycles. The van der Waals surface area contributed by atoms with Crippen molar-refractivity contribution in [2.75, 3.05) is 13.2 Å². The van der Waals surface area contributed by atoms with E-state index in [4.69, 9.17) is 4.74 Å². The van der Waals surface area contributed by atoms with Gasteiger partial charge in [-0.05, 0) is 71.6 Å². The van der Waals surface area contributed by atoms with E-state index in [0.29, 0.717) is 12.0 Å². The lowest BCUT2D eigenvalue weighted by Gasteiger charge is -2.34. The normalized spacial score (nSPS) is 13.3. The Morgan fingerprint density at radius 2 is 1.72 bits per heavy atom. The van der Waals surface area contributed by atoms with Crippen molar-refractivity contribution in [1.29, 1.82) is 0 Å². The van der Waals surface area contributed by atoms with Crippen LogP contribution in [0.1, 0.15) is 70.7 Å². The molecule has 0 bridgehead atoms. The zero-order valence-electron chi connectivity index (χ0n) is 20.6. The average Bonchev–Trinajstić information content (AvgIpc) is 2.66. The SMILES string of the molecule is CCCN(C(=O)C(CO)NC(=O)OC(C)(C)C)C(C(=O)NC(C)C)c1ccc(C)c(C)c1. The smallest absolute Gasteiger partial charge is 0.408 e. The van der Waals surface area contributed by atoms with Crippen LogP contribution in [0.15, 0.2) is 18.2 Å². The van der Waals surface area contributed by atoms with Crippen LogP contribution in [0.2, 0.25) is 0 Å². The molecule has 0 aliphatic carbocycles. The molecule has 32 heavy (non-hydrogen) atoms. The number of hydrogen-bond acceptors (Lipinski definition) is 5. The molecule has 2 atom stereocenters. The van der Waals surface area contributed by atoms with Crippen LogP contribution >= 0.6 is 0 Å². The van der Waals surface area contributed by atoms with Gasteiger partial charge in [0.2, 0.25) is 11.8 Å². The minimum absolute atomic E-state index is 0.122. The van der Waals surface area contributed by atoms with Gasteiger partial charge in [-0.15, -0.1) is 0 Å². The highest BCUT2D eigenvalue weighted by Gasteiger charge is 2.36. The number of amides is 3. The third-order valence-corrected chi connectivity index (χ3v) is 4.76. The lowest BCUT2D eigenvalue weighted by molar-refractivity contribution is -0.143. The summed E-state index contributed by atoms with van der Waals surface area (Å²) < 4.78 is 5.22. The standard InChI is InChI=1S/C24H39N3O5/c1-9-12-27(22(30)19(14-28)26-23(31)32-24(6,7)8)20(21(29)25-15(2)3)18-11-10-16(4)17(5)13-18/h10-11,13,15,19-20,28H,9,12,14H2,1-8H3,(H,25,29)(H,26,31). The Morgan fingerprint density at radius 3 is 2.19 bits per heavy atom. The first kappa shape index (κ1) is 27.4. The Bertz CT molecular complexity index is 801. The van der Waals surface area contributed by atoms with Crippen molar-refractivity contribution in [3.63, 3.8) is 0 Å². The number of rotatable bonds is 9. The fraction of sp³-hybridized carbons (Fsp3) is 0.625. The van der Waals surface area contributed by atoms with Gasteiger partial charge in [0.1, 0.15) is 17.7 Å². The molecule has 0 heterocycles. The molecule has 180 valence electrons. The number of alkyl carbamates (subject to hydrolysis) is 1. The molecule has 0 fully saturated rings. The molecule has 1 aromatic rings. The second-order valence-electron chi connectivity index (χ2n) is 9.32. The predicted molar refractivity (Wildman–Crippen MR) is 124 cm³/mol. The first-order valence-corrected chi connectivity index (χ1v) is 11.1. The Morgan fingerprint density at radius 1 is 1.09 bits per heavy atom. The number of aryl methyl sites for hydroxylation is 2. The second-order valence-corrected chi connectivity index (χ2v) is 9.32. The van der Waals surface area contributed by atoms with Crippen molar-refractivity contribution in [1.82, 2.24) is 15.5 Å². The summed E-state index contributed by atoms with van der Waals surface area (Å²) in [6.07, 6.45) is -0.220. The summed E-state index contributed by atoms with van der Waals surface area (Å²) in [5, 5.41) is 15.2. The molecule has 0 saturated heterocycles. The summed E-state index contributed by atoms with van der Waals surface area (Å²) >= 11 is 0. The third-order valence-electron chi connectivity index (χ3n) is 4.76. The van der Waals surface area contributed by atoms with Crippen molar-refractivity contribution >= 4 is 17.9 Å². The van der Waals surface area contributed by atoms with Gasteiger partial charge in [0.25, 0.3) is 0 Å². The summed E-state index contributed by atoms with van der Waals surface area (Å²) in [6.45, 7) is 14.3. The largest absolute Gasteiger partial charge is 0.444 e. The van der Waals surface area contributed by atoms with E-state index >= 15 is 0 Å². The zero-order chi connectivity index (χ0) is 24.6. The molecule has 0 radical (unpaired) electrons. The van der Waals surface area contributed by atoms with Crippen molar-refractivity contribution < 1.29 is 24.2 Å². The van der Waals surface area contributed by atoms with Crippen LogP contribution in [0.3, 0.4) is 0 Å². The maximum atomic E-state index is 13.4. The van der Waals surface area contributed by atoms with Crippen LogP contribution in [0.25, 0.3) is 0 Å². The lowest BCUT2D eigenvalue weighted by atomic mass is 9.98. The molecule has 8 heteroatoms. The van der Waals surface area contributed by atoms with Gasteiger partial charge in [0.05, 0.1) is 6.61 Å². The molecular formula is C24H39N3O5. The molecule has 0 spiro atoms. The number of aliphatic hydroxyl groups is 1. The Hall–Kier alpha value is -2.61. The third kappa shape index (κ3) is 8.15. The van der Waals surface area contributed by atoms with Gasteiger partial charge in [-0.3, -0.25) is 9.59 Å². The Kier molecular flexibility index (Phi) is 10.2. The van der Waals surface area contributed by atoms with Crippen LogP contribution in [0.4, 0.5) is 4.79 Å². The van der Waals surface area contributed by atoms with Gasteiger partial charge < -0.3 is 25.4 Å². The quantitative estimate of drug-likeness (QED) is 0.537. The summed E-state index contributed by atoms with van der Waals surface area (Å²) in [6, 6.07) is 3.38. The van der Waals surface area contributed by atoms with Crippen LogP contribution in [-0.2, 0) is 14.3 Å². The van der Waals surface area contributed by atoms with E-state index in [0.717, 1.165) is 11.1 Å². The van der Waals surface area contributed by atoms with Gasteiger partial charge in [0, 0.05) is 12.6 Å². The van der Waals surface area contributed by atoms with Crippen LogP contribution < -0.4 is 10.6 Å². The highest BCUT2D eigenvalue weighted by atomic mass is 16.6. The van der Waals surface area contributed by atoms with Gasteiger partial charge in [-0.2, -0.15) is 0 Å². The number of carbonyl (C=O) groups excluding carboxylic acids is 3. The molecule has 3 amide bonds. The predicted octanol–water partition coefficient (Wildman–Crippen LogP) is 2.99. The second kappa shape index (κ2) is 11.9. The average molecular weight is 450 g/mol. The highest BCUT2D eigenvalue weighted by Crippen LogP contribution is 2.25.